The van der Waals surface area contributed by atoms with Gasteiger partial charge in [-0.1, -0.05) is 13.0 Å². The van der Waals surface area contributed by atoms with Crippen molar-refractivity contribution in [1.29, 1.82) is 0 Å². The van der Waals surface area contributed by atoms with Gasteiger partial charge in [-0.05, 0) is 25.5 Å². The second kappa shape index (κ2) is 6.39. The minimum atomic E-state index is -0.908. The monoisotopic (exact) mass is 289 g/mol. The molecule has 2 rings (SSSR count). The van der Waals surface area contributed by atoms with Gasteiger partial charge in [0.05, 0.1) is 6.42 Å². The van der Waals surface area contributed by atoms with Gasteiger partial charge in [0.15, 0.2) is 0 Å². The van der Waals surface area contributed by atoms with Crippen molar-refractivity contribution >= 4 is 17.5 Å². The van der Waals surface area contributed by atoms with Crippen molar-refractivity contribution in [2.45, 2.75) is 26.7 Å². The molecule has 21 heavy (non-hydrogen) atoms. The van der Waals surface area contributed by atoms with E-state index in [2.05, 4.69) is 4.98 Å². The molecular weight excluding hydrogens is 270 g/mol. The lowest BCUT2D eigenvalue weighted by Gasteiger charge is -2.20. The lowest BCUT2D eigenvalue weighted by atomic mass is 10.3. The summed E-state index contributed by atoms with van der Waals surface area (Å²) < 4.78 is 1.86. The third-order valence-electron chi connectivity index (χ3n) is 3.29. The van der Waals surface area contributed by atoms with Crippen molar-refractivity contribution in [3.05, 3.63) is 35.8 Å². The summed E-state index contributed by atoms with van der Waals surface area (Å²) in [4.78, 5) is 29.1. The number of aryl methyl sites for hydroxylation is 1. The van der Waals surface area contributed by atoms with E-state index in [0.717, 1.165) is 12.1 Å². The Morgan fingerprint density at radius 3 is 2.71 bits per heavy atom. The molecule has 0 aliphatic carbocycles. The summed E-state index contributed by atoms with van der Waals surface area (Å²) in [6.07, 6.45) is 2.42. The van der Waals surface area contributed by atoms with Gasteiger partial charge in [-0.2, -0.15) is 0 Å². The molecule has 0 unspecified atom stereocenters. The van der Waals surface area contributed by atoms with Gasteiger partial charge in [0, 0.05) is 25.0 Å². The second-order valence-corrected chi connectivity index (χ2v) is 4.96. The number of aromatic nitrogens is 2. The number of rotatable bonds is 6. The fourth-order valence-electron chi connectivity index (χ4n) is 2.23. The maximum Gasteiger partial charge on any atom is 0.305 e. The van der Waals surface area contributed by atoms with E-state index in [-0.39, 0.29) is 18.9 Å². The highest BCUT2D eigenvalue weighted by Gasteiger charge is 2.19. The molecule has 2 aromatic heterocycles. The second-order valence-electron chi connectivity index (χ2n) is 4.96. The first kappa shape index (κ1) is 15.0. The summed E-state index contributed by atoms with van der Waals surface area (Å²) in [5.74, 6) is -1.13. The van der Waals surface area contributed by atoms with Crippen LogP contribution in [0.2, 0.25) is 0 Å². The number of imidazole rings is 1. The molecular formula is C15H19N3O3. The van der Waals surface area contributed by atoms with Crippen LogP contribution in [0.1, 0.15) is 35.9 Å². The maximum atomic E-state index is 12.5. The molecule has 0 aromatic carbocycles. The topological polar surface area (TPSA) is 74.9 Å². The van der Waals surface area contributed by atoms with Gasteiger partial charge in [0.1, 0.15) is 11.3 Å². The molecule has 0 spiro atoms. The molecule has 0 fully saturated rings. The number of pyridine rings is 1. The summed E-state index contributed by atoms with van der Waals surface area (Å²) in [5, 5.41) is 8.78. The predicted octanol–water partition coefficient (Wildman–Crippen LogP) is 1.97. The van der Waals surface area contributed by atoms with E-state index in [1.165, 1.54) is 0 Å². The van der Waals surface area contributed by atoms with Crippen molar-refractivity contribution in [3.63, 3.8) is 0 Å². The van der Waals surface area contributed by atoms with Gasteiger partial charge >= 0.3 is 5.97 Å². The van der Waals surface area contributed by atoms with Crippen molar-refractivity contribution in [1.82, 2.24) is 14.3 Å². The zero-order valence-corrected chi connectivity index (χ0v) is 12.2. The zero-order chi connectivity index (χ0) is 15.4. The zero-order valence-electron chi connectivity index (χ0n) is 12.2. The van der Waals surface area contributed by atoms with Crippen LogP contribution in [0.25, 0.3) is 5.65 Å². The number of aliphatic carboxylic acids is 1. The third-order valence-corrected chi connectivity index (χ3v) is 3.29. The minimum Gasteiger partial charge on any atom is -0.481 e. The number of carbonyl (C=O) groups is 2. The van der Waals surface area contributed by atoms with Gasteiger partial charge in [-0.15, -0.1) is 0 Å². The fourth-order valence-corrected chi connectivity index (χ4v) is 2.23. The van der Waals surface area contributed by atoms with Crippen molar-refractivity contribution < 1.29 is 14.7 Å². The highest BCUT2D eigenvalue weighted by Crippen LogP contribution is 2.11. The summed E-state index contributed by atoms with van der Waals surface area (Å²) in [6, 6.07) is 5.67. The van der Waals surface area contributed by atoms with E-state index in [0.29, 0.717) is 17.9 Å². The van der Waals surface area contributed by atoms with Crippen LogP contribution in [0.15, 0.2) is 24.4 Å². The number of carboxylic acid groups (broad SMARTS) is 1. The molecule has 0 atom stereocenters. The Kier molecular flexibility index (Phi) is 4.57. The van der Waals surface area contributed by atoms with E-state index in [9.17, 15) is 9.59 Å². The van der Waals surface area contributed by atoms with Gasteiger partial charge in [-0.25, -0.2) is 4.98 Å². The molecule has 0 bridgehead atoms. The largest absolute Gasteiger partial charge is 0.481 e. The highest BCUT2D eigenvalue weighted by atomic mass is 16.4. The Morgan fingerprint density at radius 2 is 2.10 bits per heavy atom. The number of amides is 1. The molecule has 2 aromatic rings. The average molecular weight is 289 g/mol. The standard InChI is InChI=1S/C15H19N3O3/c1-3-8-17(9-7-14(19)20)15(21)12-10-18-11(2)5-4-6-13(18)16-12/h4-6,10H,3,7-9H2,1-2H3,(H,19,20). The van der Waals surface area contributed by atoms with Crippen LogP contribution in [0.3, 0.4) is 0 Å². The van der Waals surface area contributed by atoms with E-state index >= 15 is 0 Å². The molecule has 0 saturated carbocycles. The number of hydrogen-bond donors (Lipinski definition) is 1. The lowest BCUT2D eigenvalue weighted by molar-refractivity contribution is -0.137. The molecule has 0 aliphatic heterocycles. The van der Waals surface area contributed by atoms with Crippen molar-refractivity contribution in [3.8, 4) is 0 Å². The Bertz CT molecular complexity index is 663. The highest BCUT2D eigenvalue weighted by molar-refractivity contribution is 5.93. The Hall–Kier alpha value is -2.37. The van der Waals surface area contributed by atoms with Crippen LogP contribution in [0, 0.1) is 6.92 Å². The first-order chi connectivity index (χ1) is 10.0. The molecule has 2 heterocycles. The minimum absolute atomic E-state index is 0.0574. The first-order valence-corrected chi connectivity index (χ1v) is 6.98. The summed E-state index contributed by atoms with van der Waals surface area (Å²) in [5.41, 5.74) is 2.06. The molecule has 0 saturated heterocycles. The third kappa shape index (κ3) is 3.39. The van der Waals surface area contributed by atoms with Crippen LogP contribution in [0.4, 0.5) is 0 Å². The summed E-state index contributed by atoms with van der Waals surface area (Å²) >= 11 is 0. The van der Waals surface area contributed by atoms with Gasteiger partial charge in [0.25, 0.3) is 5.91 Å². The molecule has 1 amide bonds. The van der Waals surface area contributed by atoms with E-state index < -0.39 is 5.97 Å². The Labute approximate surface area is 123 Å². The average Bonchev–Trinajstić information content (AvgIpc) is 2.88. The first-order valence-electron chi connectivity index (χ1n) is 6.98. The molecule has 6 heteroatoms. The van der Waals surface area contributed by atoms with Gasteiger partial charge in [0.2, 0.25) is 0 Å². The molecule has 0 aliphatic rings. The molecule has 0 radical (unpaired) electrons. The number of carbonyl (C=O) groups excluding carboxylic acids is 1. The number of fused-ring (bicyclic) bond motifs is 1. The Morgan fingerprint density at radius 1 is 1.33 bits per heavy atom. The normalized spacial score (nSPS) is 10.8. The van der Waals surface area contributed by atoms with Crippen LogP contribution in [-0.4, -0.2) is 44.4 Å². The summed E-state index contributed by atoms with van der Waals surface area (Å²) in [6.45, 7) is 4.62. The molecule has 112 valence electrons. The lowest BCUT2D eigenvalue weighted by Crippen LogP contribution is -2.34. The van der Waals surface area contributed by atoms with Gasteiger partial charge < -0.3 is 14.4 Å². The van der Waals surface area contributed by atoms with E-state index in [4.69, 9.17) is 5.11 Å². The van der Waals surface area contributed by atoms with Crippen LogP contribution in [-0.2, 0) is 4.79 Å². The quantitative estimate of drug-likeness (QED) is 0.882. The van der Waals surface area contributed by atoms with Crippen molar-refractivity contribution in [2.75, 3.05) is 13.1 Å². The van der Waals surface area contributed by atoms with Crippen molar-refractivity contribution in [2.24, 2.45) is 0 Å². The Balaban J connectivity index is 2.25. The summed E-state index contributed by atoms with van der Waals surface area (Å²) in [7, 11) is 0. The smallest absolute Gasteiger partial charge is 0.305 e. The van der Waals surface area contributed by atoms with Crippen LogP contribution < -0.4 is 0 Å². The van der Waals surface area contributed by atoms with E-state index in [1.807, 2.05) is 36.4 Å². The van der Waals surface area contributed by atoms with Gasteiger partial charge in [-0.3, -0.25) is 9.59 Å². The SMILES string of the molecule is CCCN(CCC(=O)O)C(=O)c1cn2c(C)cccc2n1. The van der Waals surface area contributed by atoms with Crippen LogP contribution >= 0.6 is 0 Å². The van der Waals surface area contributed by atoms with Crippen LogP contribution in [0.5, 0.6) is 0 Å². The van der Waals surface area contributed by atoms with E-state index in [1.54, 1.807) is 11.1 Å². The number of hydrogen-bond acceptors (Lipinski definition) is 3. The number of nitrogens with zero attached hydrogens (tertiary/aromatic N) is 3. The maximum absolute atomic E-state index is 12.5. The fraction of sp³-hybridized carbons (Fsp3) is 0.400. The number of carboxylic acids is 1. The molecule has 1 N–H and O–H groups in total. The predicted molar refractivity (Wildman–Crippen MR) is 78.4 cm³/mol. The molecule has 6 nitrogen and oxygen atoms in total.